The maximum absolute atomic E-state index is 9.25. The Bertz CT molecular complexity index is 118. The SMILES string of the molecule is OC1NCC2NCCC12. The number of rotatable bonds is 0. The first-order valence-corrected chi connectivity index (χ1v) is 3.53. The molecule has 52 valence electrons. The lowest BCUT2D eigenvalue weighted by molar-refractivity contribution is 0.113. The van der Waals surface area contributed by atoms with Crippen molar-refractivity contribution < 1.29 is 5.11 Å². The van der Waals surface area contributed by atoms with Gasteiger partial charge in [-0.05, 0) is 13.0 Å². The Morgan fingerprint density at radius 1 is 1.33 bits per heavy atom. The molecule has 0 aliphatic carbocycles. The summed E-state index contributed by atoms with van der Waals surface area (Å²) in [5, 5.41) is 15.6. The maximum Gasteiger partial charge on any atom is 0.109 e. The number of fused-ring (bicyclic) bond motifs is 1. The Kier molecular flexibility index (Phi) is 1.22. The quantitative estimate of drug-likeness (QED) is 0.387. The van der Waals surface area contributed by atoms with Crippen molar-refractivity contribution in [3.8, 4) is 0 Å². The molecule has 3 N–H and O–H groups in total. The summed E-state index contributed by atoms with van der Waals surface area (Å²) in [6, 6.07) is 0.542. The van der Waals surface area contributed by atoms with Crippen LogP contribution in [0.15, 0.2) is 0 Å². The van der Waals surface area contributed by atoms with Crippen LogP contribution in [0.2, 0.25) is 0 Å². The molecule has 0 aromatic rings. The van der Waals surface area contributed by atoms with Crippen LogP contribution in [0.3, 0.4) is 0 Å². The van der Waals surface area contributed by atoms with E-state index in [0.29, 0.717) is 12.0 Å². The predicted octanol–water partition coefficient (Wildman–Crippen LogP) is -1.11. The summed E-state index contributed by atoms with van der Waals surface area (Å²) in [6.45, 7) is 2.01. The number of hydrogen-bond acceptors (Lipinski definition) is 3. The van der Waals surface area contributed by atoms with E-state index in [-0.39, 0.29) is 6.23 Å². The van der Waals surface area contributed by atoms with Crippen LogP contribution in [0, 0.1) is 5.92 Å². The summed E-state index contributed by atoms with van der Waals surface area (Å²) in [4.78, 5) is 0. The molecule has 0 aromatic carbocycles. The van der Waals surface area contributed by atoms with E-state index in [4.69, 9.17) is 0 Å². The van der Waals surface area contributed by atoms with E-state index in [0.717, 1.165) is 19.5 Å². The Hall–Kier alpha value is -0.120. The van der Waals surface area contributed by atoms with E-state index in [1.807, 2.05) is 0 Å². The van der Waals surface area contributed by atoms with Gasteiger partial charge in [-0.25, -0.2) is 0 Å². The highest BCUT2D eigenvalue weighted by molar-refractivity contribution is 4.94. The van der Waals surface area contributed by atoms with Gasteiger partial charge in [0.05, 0.1) is 0 Å². The molecule has 0 saturated carbocycles. The Morgan fingerprint density at radius 3 is 3.00 bits per heavy atom. The van der Waals surface area contributed by atoms with Gasteiger partial charge in [-0.2, -0.15) is 0 Å². The van der Waals surface area contributed by atoms with Gasteiger partial charge in [-0.3, -0.25) is 5.32 Å². The third-order valence-electron chi connectivity index (χ3n) is 2.35. The van der Waals surface area contributed by atoms with E-state index in [2.05, 4.69) is 10.6 Å². The second kappa shape index (κ2) is 1.94. The van der Waals surface area contributed by atoms with Gasteiger partial charge in [0.1, 0.15) is 6.23 Å². The average Bonchev–Trinajstić information content (AvgIpc) is 2.35. The number of aliphatic hydroxyl groups excluding tert-OH is 1. The Morgan fingerprint density at radius 2 is 2.22 bits per heavy atom. The monoisotopic (exact) mass is 128 g/mol. The van der Waals surface area contributed by atoms with Crippen LogP contribution in [0.1, 0.15) is 6.42 Å². The van der Waals surface area contributed by atoms with E-state index in [1.54, 1.807) is 0 Å². The highest BCUT2D eigenvalue weighted by atomic mass is 16.3. The fourth-order valence-corrected chi connectivity index (χ4v) is 1.79. The smallest absolute Gasteiger partial charge is 0.109 e. The number of hydrogen-bond donors (Lipinski definition) is 3. The molecule has 0 radical (unpaired) electrons. The normalized spacial score (nSPS) is 49.7. The molecule has 3 nitrogen and oxygen atoms in total. The van der Waals surface area contributed by atoms with Crippen molar-refractivity contribution in [2.24, 2.45) is 5.92 Å². The van der Waals surface area contributed by atoms with Gasteiger partial charge in [0.2, 0.25) is 0 Å². The number of aliphatic hydroxyl groups is 1. The highest BCUT2D eigenvalue weighted by Gasteiger charge is 2.37. The fraction of sp³-hybridized carbons (Fsp3) is 1.00. The molecule has 2 rings (SSSR count). The second-order valence-corrected chi connectivity index (χ2v) is 2.87. The predicted molar refractivity (Wildman–Crippen MR) is 33.9 cm³/mol. The molecule has 0 amide bonds. The zero-order chi connectivity index (χ0) is 6.27. The van der Waals surface area contributed by atoms with Crippen LogP contribution in [0.5, 0.6) is 0 Å². The topological polar surface area (TPSA) is 44.3 Å². The Balaban J connectivity index is 2.07. The molecular weight excluding hydrogens is 116 g/mol. The molecule has 2 saturated heterocycles. The summed E-state index contributed by atoms with van der Waals surface area (Å²) in [5.74, 6) is 0.477. The zero-order valence-electron chi connectivity index (χ0n) is 5.30. The zero-order valence-corrected chi connectivity index (χ0v) is 5.30. The van der Waals surface area contributed by atoms with Gasteiger partial charge in [-0.1, -0.05) is 0 Å². The molecule has 2 fully saturated rings. The van der Waals surface area contributed by atoms with Crippen molar-refractivity contribution in [3.05, 3.63) is 0 Å². The van der Waals surface area contributed by atoms with E-state index >= 15 is 0 Å². The first-order chi connectivity index (χ1) is 4.38. The summed E-state index contributed by atoms with van der Waals surface area (Å²) < 4.78 is 0. The lowest BCUT2D eigenvalue weighted by Crippen LogP contribution is -2.27. The van der Waals surface area contributed by atoms with Crippen LogP contribution in [0.25, 0.3) is 0 Å². The summed E-state index contributed by atoms with van der Waals surface area (Å²) in [6.07, 6.45) is 0.878. The van der Waals surface area contributed by atoms with Gasteiger partial charge < -0.3 is 10.4 Å². The molecule has 0 bridgehead atoms. The van der Waals surface area contributed by atoms with E-state index < -0.39 is 0 Å². The molecule has 2 heterocycles. The van der Waals surface area contributed by atoms with Gasteiger partial charge >= 0.3 is 0 Å². The van der Waals surface area contributed by atoms with E-state index in [9.17, 15) is 5.11 Å². The summed E-state index contributed by atoms with van der Waals surface area (Å²) >= 11 is 0. The minimum atomic E-state index is -0.245. The third-order valence-corrected chi connectivity index (χ3v) is 2.35. The van der Waals surface area contributed by atoms with Crippen LogP contribution in [-0.2, 0) is 0 Å². The van der Waals surface area contributed by atoms with Gasteiger partial charge in [-0.15, -0.1) is 0 Å². The van der Waals surface area contributed by atoms with Crippen molar-refractivity contribution in [2.75, 3.05) is 13.1 Å². The maximum atomic E-state index is 9.25. The lowest BCUT2D eigenvalue weighted by atomic mass is 10.0. The molecule has 0 aromatic heterocycles. The number of nitrogens with one attached hydrogen (secondary N) is 2. The molecule has 3 heteroatoms. The molecular formula is C6H12N2O. The highest BCUT2D eigenvalue weighted by Crippen LogP contribution is 2.22. The van der Waals surface area contributed by atoms with Gasteiger partial charge in [0.15, 0.2) is 0 Å². The molecule has 9 heavy (non-hydrogen) atoms. The van der Waals surface area contributed by atoms with Crippen LogP contribution >= 0.6 is 0 Å². The largest absolute Gasteiger partial charge is 0.378 e. The lowest BCUT2D eigenvalue weighted by Gasteiger charge is -2.09. The molecule has 3 unspecified atom stereocenters. The van der Waals surface area contributed by atoms with Crippen molar-refractivity contribution in [1.29, 1.82) is 0 Å². The van der Waals surface area contributed by atoms with Crippen LogP contribution in [0.4, 0.5) is 0 Å². The van der Waals surface area contributed by atoms with Crippen LogP contribution < -0.4 is 10.6 Å². The average molecular weight is 128 g/mol. The van der Waals surface area contributed by atoms with E-state index in [1.165, 1.54) is 0 Å². The van der Waals surface area contributed by atoms with Gasteiger partial charge in [0.25, 0.3) is 0 Å². The van der Waals surface area contributed by atoms with Crippen molar-refractivity contribution in [1.82, 2.24) is 10.6 Å². The molecule has 2 aliphatic rings. The molecule has 2 aliphatic heterocycles. The third kappa shape index (κ3) is 0.764. The first kappa shape index (κ1) is 5.65. The summed E-state index contributed by atoms with van der Waals surface area (Å²) in [5.41, 5.74) is 0. The van der Waals surface area contributed by atoms with Crippen molar-refractivity contribution in [2.45, 2.75) is 18.7 Å². The van der Waals surface area contributed by atoms with Crippen LogP contribution in [-0.4, -0.2) is 30.5 Å². The van der Waals surface area contributed by atoms with Crippen molar-refractivity contribution in [3.63, 3.8) is 0 Å². The van der Waals surface area contributed by atoms with Gasteiger partial charge in [0, 0.05) is 18.5 Å². The summed E-state index contributed by atoms with van der Waals surface area (Å²) in [7, 11) is 0. The standard InChI is InChI=1S/C6H12N2O/c9-6-4-1-2-7-5(4)3-8-6/h4-9H,1-3H2. The Labute approximate surface area is 54.4 Å². The fourth-order valence-electron chi connectivity index (χ4n) is 1.79. The van der Waals surface area contributed by atoms with Crippen molar-refractivity contribution >= 4 is 0 Å². The molecule has 3 atom stereocenters. The molecule has 0 spiro atoms. The first-order valence-electron chi connectivity index (χ1n) is 3.53. The minimum Gasteiger partial charge on any atom is -0.378 e. The second-order valence-electron chi connectivity index (χ2n) is 2.87. The minimum absolute atomic E-state index is 0.245.